The molecule has 0 aromatic carbocycles. The molecule has 11 heteroatoms. The molecule has 1 saturated heterocycles. The van der Waals surface area contributed by atoms with Crippen LogP contribution in [0.25, 0.3) is 27.9 Å². The van der Waals surface area contributed by atoms with E-state index in [1.54, 1.807) is 22.8 Å². The minimum absolute atomic E-state index is 0.0248. The molecule has 2 atom stereocenters. The van der Waals surface area contributed by atoms with Gasteiger partial charge in [0.25, 0.3) is 0 Å². The Morgan fingerprint density at radius 3 is 2.97 bits per heavy atom. The molecule has 0 bridgehead atoms. The number of ether oxygens (including phenoxy) is 1. The van der Waals surface area contributed by atoms with Crippen molar-refractivity contribution >= 4 is 39.8 Å². The molecule has 2 N–H and O–H groups in total. The predicted molar refractivity (Wildman–Crippen MR) is 128 cm³/mol. The normalized spacial score (nSPS) is 22.1. The van der Waals surface area contributed by atoms with Crippen LogP contribution in [-0.4, -0.2) is 69.0 Å². The van der Waals surface area contributed by atoms with Crippen molar-refractivity contribution in [1.29, 1.82) is 0 Å². The number of carbonyl (C=O) groups excluding carboxylic acids is 1. The van der Waals surface area contributed by atoms with E-state index < -0.39 is 6.98 Å². The van der Waals surface area contributed by atoms with Gasteiger partial charge in [0.1, 0.15) is 5.52 Å². The largest absolute Gasteiger partial charge is 0.378 e. The number of amides is 1. The van der Waals surface area contributed by atoms with E-state index in [0.29, 0.717) is 60.7 Å². The van der Waals surface area contributed by atoms with Crippen LogP contribution in [0, 0.1) is 11.8 Å². The molecule has 4 aromatic heterocycles. The van der Waals surface area contributed by atoms with Gasteiger partial charge in [-0.1, -0.05) is 6.92 Å². The van der Waals surface area contributed by atoms with E-state index in [-0.39, 0.29) is 29.0 Å². The van der Waals surface area contributed by atoms with Crippen molar-refractivity contribution in [3.63, 3.8) is 0 Å². The predicted octanol–water partition coefficient (Wildman–Crippen LogP) is 2.21. The van der Waals surface area contributed by atoms with Crippen LogP contribution in [-0.2, 0) is 9.53 Å². The van der Waals surface area contributed by atoms with Crippen LogP contribution < -0.4 is 15.5 Å². The second-order valence-electron chi connectivity index (χ2n) is 8.59. The molecule has 2 fully saturated rings. The molecule has 174 valence electrons. The van der Waals surface area contributed by atoms with Gasteiger partial charge in [0.05, 0.1) is 26.5 Å². The molecule has 1 amide bonds. The third-order valence-electron chi connectivity index (χ3n) is 6.29. The Kier molecular flexibility index (Phi) is 4.02. The summed E-state index contributed by atoms with van der Waals surface area (Å²) in [5, 5.41) is 18.6. The van der Waals surface area contributed by atoms with Gasteiger partial charge in [-0.2, -0.15) is 0 Å². The minimum atomic E-state index is -2.50. The fourth-order valence-corrected chi connectivity index (χ4v) is 4.18. The van der Waals surface area contributed by atoms with Gasteiger partial charge in [-0.25, -0.2) is 14.5 Å². The third-order valence-corrected chi connectivity index (χ3v) is 6.29. The number of aromatic nitrogens is 6. The molecule has 0 radical (unpaired) electrons. The molecule has 0 unspecified atom stereocenters. The van der Waals surface area contributed by atoms with Gasteiger partial charge in [-0.3, -0.25) is 4.79 Å². The number of anilines is 3. The first-order valence-electron chi connectivity index (χ1n) is 13.1. The Hall–Kier alpha value is -3.86. The Morgan fingerprint density at radius 2 is 2.18 bits per heavy atom. The summed E-state index contributed by atoms with van der Waals surface area (Å²) in [6.45, 7) is 2.05. The fourth-order valence-electron chi connectivity index (χ4n) is 4.18. The molecular formula is C23H25N9O2. The van der Waals surface area contributed by atoms with Crippen LogP contribution in [0.4, 0.5) is 17.3 Å². The number of morpholine rings is 1. The van der Waals surface area contributed by atoms with E-state index in [0.717, 1.165) is 12.1 Å². The highest BCUT2D eigenvalue weighted by molar-refractivity contribution is 6.01. The smallest absolute Gasteiger partial charge is 0.228 e. The fraction of sp³-hybridized carbons (Fsp3) is 0.391. The Morgan fingerprint density at radius 1 is 1.32 bits per heavy atom. The summed E-state index contributed by atoms with van der Waals surface area (Å²) in [5.74, 6) is 0.703. The average molecular weight is 464 g/mol. The highest BCUT2D eigenvalue weighted by atomic mass is 16.5. The lowest BCUT2D eigenvalue weighted by atomic mass is 10.1. The molecule has 0 spiro atoms. The number of fused-ring (bicyclic) bond motifs is 2. The van der Waals surface area contributed by atoms with Crippen molar-refractivity contribution in [2.75, 3.05) is 48.8 Å². The lowest BCUT2D eigenvalue weighted by molar-refractivity contribution is -0.117. The monoisotopic (exact) mass is 463 g/mol. The highest BCUT2D eigenvalue weighted by Gasteiger charge is 2.39. The topological polar surface area (TPSA) is 122 Å². The van der Waals surface area contributed by atoms with Gasteiger partial charge < -0.3 is 20.3 Å². The standard InChI is InChI=1S/C23H25N9O2/c1-13-9-15(13)23(33)26-18-10-16-17(11-25-22(24-2)20(16)29-28-18)21-27-19-4-3-14(12-32(19)30-21)31-5-7-34-8-6-31/h3-4,10-13,15H,5-9H2,1-2H3,(H,24,25)(H,26,28,33)/t13-,15+/m1/s1/i2D3,3D. The lowest BCUT2D eigenvalue weighted by Crippen LogP contribution is -2.36. The van der Waals surface area contributed by atoms with Gasteiger partial charge in [0, 0.05) is 47.2 Å². The Labute approximate surface area is 201 Å². The maximum atomic E-state index is 12.5. The molecule has 6 rings (SSSR count). The van der Waals surface area contributed by atoms with Gasteiger partial charge in [0.2, 0.25) is 5.91 Å². The average Bonchev–Trinajstić information content (AvgIpc) is 3.47. The maximum Gasteiger partial charge on any atom is 0.228 e. The van der Waals surface area contributed by atoms with Crippen molar-refractivity contribution in [2.24, 2.45) is 11.8 Å². The zero-order valence-corrected chi connectivity index (χ0v) is 18.4. The summed E-state index contributed by atoms with van der Waals surface area (Å²) in [4.78, 5) is 23.5. The number of nitrogens with zero attached hydrogens (tertiary/aromatic N) is 7. The number of nitrogens with one attached hydrogen (secondary N) is 2. The van der Waals surface area contributed by atoms with Gasteiger partial charge >= 0.3 is 0 Å². The first-order valence-corrected chi connectivity index (χ1v) is 11.1. The van der Waals surface area contributed by atoms with Crippen LogP contribution in [0.5, 0.6) is 0 Å². The van der Waals surface area contributed by atoms with E-state index >= 15 is 0 Å². The molecule has 34 heavy (non-hydrogen) atoms. The third kappa shape index (κ3) is 3.67. The summed E-state index contributed by atoms with van der Waals surface area (Å²) in [5.41, 5.74) is 1.87. The van der Waals surface area contributed by atoms with E-state index in [2.05, 4.69) is 40.8 Å². The maximum absolute atomic E-state index is 12.5. The van der Waals surface area contributed by atoms with Crippen LogP contribution in [0.15, 0.2) is 30.6 Å². The summed E-state index contributed by atoms with van der Waals surface area (Å²) >= 11 is 0. The first-order chi connectivity index (χ1) is 18.2. The summed E-state index contributed by atoms with van der Waals surface area (Å²) in [7, 11) is 0. The number of rotatable bonds is 5. The zero-order chi connectivity index (χ0) is 26.6. The van der Waals surface area contributed by atoms with E-state index in [4.69, 9.17) is 10.2 Å². The number of pyridine rings is 2. The molecule has 4 aromatic rings. The van der Waals surface area contributed by atoms with Crippen molar-refractivity contribution in [3.8, 4) is 11.4 Å². The SMILES string of the molecule is [2H]c1cc2nc(-c3cnc(NC([2H])([2H])[2H])c4nnc(NC(=O)[C@H]5C[C@H]5C)cc34)nn2cc1N1CCOCC1. The second kappa shape index (κ2) is 8.17. The van der Waals surface area contributed by atoms with E-state index in [9.17, 15) is 4.79 Å². The quantitative estimate of drug-likeness (QED) is 0.458. The number of hydrogen-bond acceptors (Lipinski definition) is 9. The van der Waals surface area contributed by atoms with Crippen molar-refractivity contribution in [2.45, 2.75) is 13.3 Å². The molecule has 1 aliphatic heterocycles. The lowest BCUT2D eigenvalue weighted by Gasteiger charge is -2.28. The molecular weight excluding hydrogens is 434 g/mol. The van der Waals surface area contributed by atoms with Crippen LogP contribution in [0.3, 0.4) is 0 Å². The van der Waals surface area contributed by atoms with Crippen LogP contribution in [0.2, 0.25) is 0 Å². The Bertz CT molecular complexity index is 1550. The highest BCUT2D eigenvalue weighted by Crippen LogP contribution is 2.38. The Balaban J connectivity index is 1.43. The van der Waals surface area contributed by atoms with Crippen LogP contribution >= 0.6 is 0 Å². The first kappa shape index (κ1) is 16.7. The van der Waals surface area contributed by atoms with Gasteiger partial charge in [0.15, 0.2) is 23.1 Å². The number of carbonyl (C=O) groups is 1. The van der Waals surface area contributed by atoms with Crippen molar-refractivity contribution < 1.29 is 15.0 Å². The van der Waals surface area contributed by atoms with E-state index in [1.165, 1.54) is 6.20 Å². The second-order valence-corrected chi connectivity index (χ2v) is 8.59. The van der Waals surface area contributed by atoms with Gasteiger partial charge in [-0.05, 0) is 30.5 Å². The summed E-state index contributed by atoms with van der Waals surface area (Å²) in [6.07, 6.45) is 4.05. The van der Waals surface area contributed by atoms with E-state index in [1.807, 2.05) is 6.92 Å². The summed E-state index contributed by atoms with van der Waals surface area (Å²) < 4.78 is 38.3. The van der Waals surface area contributed by atoms with Crippen molar-refractivity contribution in [1.82, 2.24) is 29.8 Å². The molecule has 1 aliphatic carbocycles. The summed E-state index contributed by atoms with van der Waals surface area (Å²) in [6, 6.07) is 3.59. The van der Waals surface area contributed by atoms with Gasteiger partial charge in [-0.15, -0.1) is 15.3 Å². The van der Waals surface area contributed by atoms with Crippen LogP contribution in [0.1, 0.15) is 18.8 Å². The minimum Gasteiger partial charge on any atom is -0.378 e. The molecule has 2 aliphatic rings. The molecule has 5 heterocycles. The zero-order valence-electron chi connectivity index (χ0n) is 22.4. The molecule has 1 saturated carbocycles. The van der Waals surface area contributed by atoms with Crippen molar-refractivity contribution in [3.05, 3.63) is 30.6 Å². The molecule has 11 nitrogen and oxygen atoms in total. The number of hydrogen-bond donors (Lipinski definition) is 2.